The van der Waals surface area contributed by atoms with E-state index in [1.807, 2.05) is 17.6 Å². The second kappa shape index (κ2) is 5.82. The molecule has 0 atom stereocenters. The minimum atomic E-state index is 0.554. The quantitative estimate of drug-likeness (QED) is 0.795. The summed E-state index contributed by atoms with van der Waals surface area (Å²) in [5.41, 5.74) is 8.86. The van der Waals surface area contributed by atoms with Crippen molar-refractivity contribution in [2.75, 3.05) is 19.5 Å². The van der Waals surface area contributed by atoms with Crippen LogP contribution in [0.25, 0.3) is 11.2 Å². The van der Waals surface area contributed by atoms with Crippen LogP contribution in [0.4, 0.5) is 5.95 Å². The summed E-state index contributed by atoms with van der Waals surface area (Å²) in [4.78, 5) is 8.75. The SMILES string of the molecule is COCCCCCn1c(N)nc2c(C)ccnc21. The number of anilines is 1. The zero-order valence-corrected chi connectivity index (χ0v) is 11.0. The predicted molar refractivity (Wildman–Crippen MR) is 72.4 cm³/mol. The molecule has 0 spiro atoms. The second-order valence-electron chi connectivity index (χ2n) is 4.48. The van der Waals surface area contributed by atoms with E-state index in [9.17, 15) is 0 Å². The number of ether oxygens (including phenoxy) is 1. The zero-order chi connectivity index (χ0) is 13.0. The summed E-state index contributed by atoms with van der Waals surface area (Å²) in [6.07, 6.45) is 5.07. The summed E-state index contributed by atoms with van der Waals surface area (Å²) in [6.45, 7) is 3.71. The highest BCUT2D eigenvalue weighted by atomic mass is 16.5. The van der Waals surface area contributed by atoms with Crippen LogP contribution in [-0.2, 0) is 11.3 Å². The number of rotatable bonds is 6. The minimum Gasteiger partial charge on any atom is -0.385 e. The first-order valence-electron chi connectivity index (χ1n) is 6.30. The van der Waals surface area contributed by atoms with Gasteiger partial charge in [-0.25, -0.2) is 9.97 Å². The number of unbranched alkanes of at least 4 members (excludes halogenated alkanes) is 2. The molecule has 0 fully saturated rings. The van der Waals surface area contributed by atoms with E-state index in [4.69, 9.17) is 10.5 Å². The first-order valence-corrected chi connectivity index (χ1v) is 6.30. The number of imidazole rings is 1. The van der Waals surface area contributed by atoms with Gasteiger partial charge in [0.05, 0.1) is 0 Å². The number of aromatic nitrogens is 3. The molecule has 0 aliphatic heterocycles. The molecule has 5 nitrogen and oxygen atoms in total. The fraction of sp³-hybridized carbons (Fsp3) is 0.538. The number of hydrogen-bond donors (Lipinski definition) is 1. The molecule has 2 rings (SSSR count). The number of aryl methyl sites for hydroxylation is 2. The van der Waals surface area contributed by atoms with Crippen LogP contribution in [0.2, 0.25) is 0 Å². The molecule has 2 heterocycles. The van der Waals surface area contributed by atoms with Gasteiger partial charge in [-0.2, -0.15) is 0 Å². The Kier molecular flexibility index (Phi) is 4.15. The highest BCUT2D eigenvalue weighted by Gasteiger charge is 2.10. The number of hydrogen-bond acceptors (Lipinski definition) is 4. The van der Waals surface area contributed by atoms with Gasteiger partial charge in [-0.1, -0.05) is 0 Å². The van der Waals surface area contributed by atoms with Crippen LogP contribution in [0.3, 0.4) is 0 Å². The predicted octanol–water partition coefficient (Wildman–Crippen LogP) is 2.14. The molecule has 0 unspecified atom stereocenters. The molecule has 5 heteroatoms. The number of fused-ring (bicyclic) bond motifs is 1. The third kappa shape index (κ3) is 2.61. The molecule has 0 amide bonds. The van der Waals surface area contributed by atoms with Crippen molar-refractivity contribution in [1.29, 1.82) is 0 Å². The Labute approximate surface area is 107 Å². The Balaban J connectivity index is 2.08. The molecular weight excluding hydrogens is 228 g/mol. The van der Waals surface area contributed by atoms with Gasteiger partial charge in [0.25, 0.3) is 0 Å². The Bertz CT molecular complexity index is 521. The molecule has 2 aromatic heterocycles. The van der Waals surface area contributed by atoms with E-state index >= 15 is 0 Å². The van der Waals surface area contributed by atoms with Crippen molar-refractivity contribution in [3.05, 3.63) is 17.8 Å². The first kappa shape index (κ1) is 12.8. The van der Waals surface area contributed by atoms with E-state index in [-0.39, 0.29) is 0 Å². The molecule has 0 aliphatic rings. The van der Waals surface area contributed by atoms with Crippen LogP contribution >= 0.6 is 0 Å². The fourth-order valence-corrected chi connectivity index (χ4v) is 2.07. The van der Waals surface area contributed by atoms with Crippen molar-refractivity contribution in [2.45, 2.75) is 32.7 Å². The van der Waals surface area contributed by atoms with Gasteiger partial charge >= 0.3 is 0 Å². The van der Waals surface area contributed by atoms with E-state index in [2.05, 4.69) is 9.97 Å². The van der Waals surface area contributed by atoms with E-state index in [1.165, 1.54) is 0 Å². The van der Waals surface area contributed by atoms with Gasteiger partial charge in [0.1, 0.15) is 5.52 Å². The average molecular weight is 248 g/mol. The summed E-state index contributed by atoms with van der Waals surface area (Å²) < 4.78 is 7.03. The molecule has 0 bridgehead atoms. The zero-order valence-electron chi connectivity index (χ0n) is 11.0. The molecule has 0 aliphatic carbocycles. The number of methoxy groups -OCH3 is 1. The molecule has 0 saturated carbocycles. The molecular formula is C13H20N4O. The summed E-state index contributed by atoms with van der Waals surface area (Å²) in [5, 5.41) is 0. The van der Waals surface area contributed by atoms with Gasteiger partial charge in [-0.15, -0.1) is 0 Å². The van der Waals surface area contributed by atoms with Crippen molar-refractivity contribution >= 4 is 17.1 Å². The molecule has 0 saturated heterocycles. The van der Waals surface area contributed by atoms with Crippen molar-refractivity contribution in [3.63, 3.8) is 0 Å². The van der Waals surface area contributed by atoms with E-state index < -0.39 is 0 Å². The summed E-state index contributed by atoms with van der Waals surface area (Å²) in [7, 11) is 1.73. The third-order valence-corrected chi connectivity index (χ3v) is 3.10. The number of pyridine rings is 1. The second-order valence-corrected chi connectivity index (χ2v) is 4.48. The topological polar surface area (TPSA) is 66.0 Å². The standard InChI is InChI=1S/C13H20N4O/c1-10-6-7-15-12-11(10)16-13(14)17(12)8-4-3-5-9-18-2/h6-7H,3-5,8-9H2,1-2H3,(H2,14,16). The maximum absolute atomic E-state index is 5.95. The van der Waals surface area contributed by atoms with Gasteiger partial charge in [0.2, 0.25) is 5.95 Å². The van der Waals surface area contributed by atoms with E-state index in [1.54, 1.807) is 13.3 Å². The molecule has 18 heavy (non-hydrogen) atoms. The first-order chi connectivity index (χ1) is 8.74. The summed E-state index contributed by atoms with van der Waals surface area (Å²) in [6, 6.07) is 1.96. The summed E-state index contributed by atoms with van der Waals surface area (Å²) >= 11 is 0. The smallest absolute Gasteiger partial charge is 0.202 e. The maximum Gasteiger partial charge on any atom is 0.202 e. The molecule has 0 radical (unpaired) electrons. The molecule has 0 aromatic carbocycles. The lowest BCUT2D eigenvalue weighted by Gasteiger charge is -2.05. The monoisotopic (exact) mass is 248 g/mol. The fourth-order valence-electron chi connectivity index (χ4n) is 2.07. The van der Waals surface area contributed by atoms with Crippen LogP contribution in [0.5, 0.6) is 0 Å². The Morgan fingerprint density at radius 1 is 1.33 bits per heavy atom. The number of nitrogen functional groups attached to an aromatic ring is 1. The lowest BCUT2D eigenvalue weighted by Crippen LogP contribution is -2.04. The van der Waals surface area contributed by atoms with Gasteiger partial charge < -0.3 is 10.5 Å². The van der Waals surface area contributed by atoms with E-state index in [0.29, 0.717) is 5.95 Å². The Morgan fingerprint density at radius 3 is 2.94 bits per heavy atom. The lowest BCUT2D eigenvalue weighted by molar-refractivity contribution is 0.191. The van der Waals surface area contributed by atoms with Gasteiger partial charge in [-0.05, 0) is 37.8 Å². The molecule has 2 aromatic rings. The highest BCUT2D eigenvalue weighted by molar-refractivity contribution is 5.77. The normalized spacial score (nSPS) is 11.2. The van der Waals surface area contributed by atoms with Gasteiger partial charge in [0.15, 0.2) is 5.65 Å². The molecule has 2 N–H and O–H groups in total. The van der Waals surface area contributed by atoms with Crippen molar-refractivity contribution in [3.8, 4) is 0 Å². The third-order valence-electron chi connectivity index (χ3n) is 3.10. The average Bonchev–Trinajstić information content (AvgIpc) is 2.68. The lowest BCUT2D eigenvalue weighted by atomic mass is 10.2. The summed E-state index contributed by atoms with van der Waals surface area (Å²) in [5.74, 6) is 0.554. The van der Waals surface area contributed by atoms with Crippen LogP contribution < -0.4 is 5.73 Å². The van der Waals surface area contributed by atoms with E-state index in [0.717, 1.165) is 49.1 Å². The van der Waals surface area contributed by atoms with Crippen molar-refractivity contribution in [1.82, 2.24) is 14.5 Å². The van der Waals surface area contributed by atoms with Crippen LogP contribution in [0.1, 0.15) is 24.8 Å². The van der Waals surface area contributed by atoms with Crippen LogP contribution in [-0.4, -0.2) is 28.3 Å². The van der Waals surface area contributed by atoms with Gasteiger partial charge in [0, 0.05) is 26.5 Å². The minimum absolute atomic E-state index is 0.554. The molecule has 98 valence electrons. The number of nitrogens with zero attached hydrogens (tertiary/aromatic N) is 3. The van der Waals surface area contributed by atoms with Gasteiger partial charge in [-0.3, -0.25) is 4.57 Å². The Morgan fingerprint density at radius 2 is 2.17 bits per heavy atom. The van der Waals surface area contributed by atoms with Crippen LogP contribution in [0, 0.1) is 6.92 Å². The van der Waals surface area contributed by atoms with Crippen molar-refractivity contribution in [2.24, 2.45) is 0 Å². The largest absolute Gasteiger partial charge is 0.385 e. The number of nitrogens with two attached hydrogens (primary N) is 1. The highest BCUT2D eigenvalue weighted by Crippen LogP contribution is 2.19. The van der Waals surface area contributed by atoms with Crippen molar-refractivity contribution < 1.29 is 4.74 Å². The Hall–Kier alpha value is -1.62. The van der Waals surface area contributed by atoms with Crippen LogP contribution in [0.15, 0.2) is 12.3 Å². The maximum atomic E-state index is 5.95.